The molecular formula is C18H18N4O2. The molecule has 2 aromatic rings. The van der Waals surface area contributed by atoms with E-state index in [1.807, 2.05) is 31.2 Å². The van der Waals surface area contributed by atoms with Gasteiger partial charge in [0.1, 0.15) is 17.4 Å². The zero-order valence-corrected chi connectivity index (χ0v) is 13.5. The quantitative estimate of drug-likeness (QED) is 0.630. The van der Waals surface area contributed by atoms with Crippen molar-refractivity contribution in [1.29, 1.82) is 5.26 Å². The molecule has 1 heterocycles. The Balaban J connectivity index is 2.05. The summed E-state index contributed by atoms with van der Waals surface area (Å²) in [7, 11) is 1.52. The summed E-state index contributed by atoms with van der Waals surface area (Å²) in [6.07, 6.45) is 4.79. The Morgan fingerprint density at radius 3 is 2.92 bits per heavy atom. The topological polar surface area (TPSA) is 87.0 Å². The van der Waals surface area contributed by atoms with Gasteiger partial charge in [-0.15, -0.1) is 0 Å². The molecule has 1 amide bonds. The first-order valence-electron chi connectivity index (χ1n) is 7.32. The number of ether oxygens (including phenoxy) is 1. The molecule has 0 aliphatic carbocycles. The van der Waals surface area contributed by atoms with Crippen LogP contribution in [0, 0.1) is 18.3 Å². The highest BCUT2D eigenvalue weighted by molar-refractivity contribution is 6.07. The van der Waals surface area contributed by atoms with Crippen molar-refractivity contribution in [2.24, 2.45) is 0 Å². The number of carbonyl (C=O) groups excluding carboxylic acids is 1. The van der Waals surface area contributed by atoms with Gasteiger partial charge in [-0.25, -0.2) is 0 Å². The molecule has 0 spiro atoms. The first kappa shape index (κ1) is 17.0. The Morgan fingerprint density at radius 1 is 1.42 bits per heavy atom. The predicted octanol–water partition coefficient (Wildman–Crippen LogP) is 2.53. The fourth-order valence-electron chi connectivity index (χ4n) is 2.03. The van der Waals surface area contributed by atoms with Gasteiger partial charge in [0.05, 0.1) is 12.8 Å². The van der Waals surface area contributed by atoms with Crippen LogP contribution in [0.5, 0.6) is 5.75 Å². The van der Waals surface area contributed by atoms with Gasteiger partial charge in [0.15, 0.2) is 0 Å². The number of nitrogens with one attached hydrogen (secondary N) is 2. The van der Waals surface area contributed by atoms with E-state index >= 15 is 0 Å². The lowest BCUT2D eigenvalue weighted by Crippen LogP contribution is -2.17. The molecule has 2 rings (SSSR count). The normalized spacial score (nSPS) is 10.6. The van der Waals surface area contributed by atoms with Crippen molar-refractivity contribution in [3.05, 3.63) is 65.6 Å². The number of pyridine rings is 1. The van der Waals surface area contributed by atoms with Gasteiger partial charge in [0, 0.05) is 25.1 Å². The van der Waals surface area contributed by atoms with E-state index < -0.39 is 5.91 Å². The number of hydrogen-bond acceptors (Lipinski definition) is 5. The maximum atomic E-state index is 12.3. The fourth-order valence-corrected chi connectivity index (χ4v) is 2.03. The molecule has 122 valence electrons. The number of anilines is 1. The molecule has 0 aliphatic heterocycles. The number of nitriles is 1. The van der Waals surface area contributed by atoms with Crippen molar-refractivity contribution in [1.82, 2.24) is 10.3 Å². The van der Waals surface area contributed by atoms with Crippen LogP contribution in [0.25, 0.3) is 0 Å². The minimum atomic E-state index is -0.500. The maximum Gasteiger partial charge on any atom is 0.267 e. The number of nitrogens with zero attached hydrogens (tertiary/aromatic N) is 2. The maximum absolute atomic E-state index is 12.3. The van der Waals surface area contributed by atoms with Gasteiger partial charge < -0.3 is 15.4 Å². The SMILES string of the molecule is COc1ccc(C)cc1NC(=O)/C(C#N)=C\NCc1cccnc1. The van der Waals surface area contributed by atoms with Crippen molar-refractivity contribution >= 4 is 11.6 Å². The Kier molecular flexibility index (Phi) is 5.92. The summed E-state index contributed by atoms with van der Waals surface area (Å²) in [6, 6.07) is 11.0. The second-order valence-corrected chi connectivity index (χ2v) is 5.07. The molecule has 0 saturated carbocycles. The Bertz CT molecular complexity index is 779. The van der Waals surface area contributed by atoms with Gasteiger partial charge in [-0.3, -0.25) is 9.78 Å². The number of aryl methyl sites for hydroxylation is 1. The lowest BCUT2D eigenvalue weighted by molar-refractivity contribution is -0.112. The zero-order valence-electron chi connectivity index (χ0n) is 13.5. The van der Waals surface area contributed by atoms with Crippen molar-refractivity contribution in [3.63, 3.8) is 0 Å². The highest BCUT2D eigenvalue weighted by Gasteiger charge is 2.12. The van der Waals surface area contributed by atoms with E-state index in [4.69, 9.17) is 4.74 Å². The molecule has 0 unspecified atom stereocenters. The largest absolute Gasteiger partial charge is 0.495 e. The van der Waals surface area contributed by atoms with Crippen LogP contribution in [0.3, 0.4) is 0 Å². The third-order valence-electron chi connectivity index (χ3n) is 3.24. The summed E-state index contributed by atoms with van der Waals surface area (Å²) < 4.78 is 5.21. The molecule has 24 heavy (non-hydrogen) atoms. The lowest BCUT2D eigenvalue weighted by atomic mass is 10.2. The lowest BCUT2D eigenvalue weighted by Gasteiger charge is -2.10. The summed E-state index contributed by atoms with van der Waals surface area (Å²) >= 11 is 0. The van der Waals surface area contributed by atoms with Gasteiger partial charge in [-0.1, -0.05) is 12.1 Å². The van der Waals surface area contributed by atoms with Crippen LogP contribution in [-0.4, -0.2) is 18.0 Å². The highest BCUT2D eigenvalue weighted by Crippen LogP contribution is 2.25. The number of hydrogen-bond donors (Lipinski definition) is 2. The van der Waals surface area contributed by atoms with Crippen molar-refractivity contribution < 1.29 is 9.53 Å². The molecule has 0 saturated heterocycles. The Labute approximate surface area is 140 Å². The summed E-state index contributed by atoms with van der Waals surface area (Å²) in [5.74, 6) is 0.0367. The van der Waals surface area contributed by atoms with E-state index in [0.29, 0.717) is 18.0 Å². The number of aromatic nitrogens is 1. The molecule has 0 bridgehead atoms. The average Bonchev–Trinajstić information content (AvgIpc) is 2.60. The molecule has 6 nitrogen and oxygen atoms in total. The van der Waals surface area contributed by atoms with Gasteiger partial charge in [-0.2, -0.15) is 5.26 Å². The van der Waals surface area contributed by atoms with E-state index in [-0.39, 0.29) is 5.57 Å². The van der Waals surface area contributed by atoms with E-state index in [2.05, 4.69) is 15.6 Å². The summed E-state index contributed by atoms with van der Waals surface area (Å²) in [5, 5.41) is 14.8. The van der Waals surface area contributed by atoms with Crippen LogP contribution in [0.15, 0.2) is 54.5 Å². The molecule has 0 radical (unpaired) electrons. The van der Waals surface area contributed by atoms with Crippen molar-refractivity contribution in [2.75, 3.05) is 12.4 Å². The predicted molar refractivity (Wildman–Crippen MR) is 91.1 cm³/mol. The Hall–Kier alpha value is -3.33. The van der Waals surface area contributed by atoms with Crippen LogP contribution >= 0.6 is 0 Å². The van der Waals surface area contributed by atoms with Gasteiger partial charge in [0.25, 0.3) is 5.91 Å². The van der Waals surface area contributed by atoms with Crippen molar-refractivity contribution in [2.45, 2.75) is 13.5 Å². The smallest absolute Gasteiger partial charge is 0.267 e. The highest BCUT2D eigenvalue weighted by atomic mass is 16.5. The van der Waals surface area contributed by atoms with Gasteiger partial charge in [-0.05, 0) is 36.2 Å². The zero-order chi connectivity index (χ0) is 17.4. The third-order valence-corrected chi connectivity index (χ3v) is 3.24. The van der Waals surface area contributed by atoms with Crippen LogP contribution in [-0.2, 0) is 11.3 Å². The third kappa shape index (κ3) is 4.58. The van der Waals surface area contributed by atoms with Gasteiger partial charge in [0.2, 0.25) is 0 Å². The average molecular weight is 322 g/mol. The van der Waals surface area contributed by atoms with Gasteiger partial charge >= 0.3 is 0 Å². The molecule has 0 atom stereocenters. The minimum absolute atomic E-state index is 0.0255. The van der Waals surface area contributed by atoms with E-state index in [9.17, 15) is 10.1 Å². The van der Waals surface area contributed by atoms with E-state index in [1.165, 1.54) is 13.3 Å². The van der Waals surface area contributed by atoms with Crippen molar-refractivity contribution in [3.8, 4) is 11.8 Å². The first-order chi connectivity index (χ1) is 11.6. The number of benzene rings is 1. The monoisotopic (exact) mass is 322 g/mol. The number of amides is 1. The minimum Gasteiger partial charge on any atom is -0.495 e. The summed E-state index contributed by atoms with van der Waals surface area (Å²) in [6.45, 7) is 2.38. The second-order valence-electron chi connectivity index (χ2n) is 5.07. The van der Waals surface area contributed by atoms with Crippen LogP contribution < -0.4 is 15.4 Å². The molecule has 1 aromatic heterocycles. The summed E-state index contributed by atoms with van der Waals surface area (Å²) in [5.41, 5.74) is 2.42. The first-order valence-corrected chi connectivity index (χ1v) is 7.32. The number of rotatable bonds is 6. The Morgan fingerprint density at radius 2 is 2.25 bits per heavy atom. The van der Waals surface area contributed by atoms with Crippen LogP contribution in [0.2, 0.25) is 0 Å². The molecule has 6 heteroatoms. The fraction of sp³-hybridized carbons (Fsp3) is 0.167. The van der Waals surface area contributed by atoms with E-state index in [1.54, 1.807) is 24.5 Å². The number of carbonyl (C=O) groups is 1. The van der Waals surface area contributed by atoms with E-state index in [0.717, 1.165) is 11.1 Å². The second kappa shape index (κ2) is 8.34. The standard InChI is InChI=1S/C18H18N4O2/c1-13-5-6-17(24-2)16(8-13)22-18(23)15(9-19)12-21-11-14-4-3-7-20-10-14/h3-8,10,12,21H,11H2,1-2H3,(H,22,23)/b15-12-. The van der Waals surface area contributed by atoms with Crippen LogP contribution in [0.4, 0.5) is 5.69 Å². The molecular weight excluding hydrogens is 304 g/mol. The molecule has 2 N–H and O–H groups in total. The molecule has 1 aromatic carbocycles. The van der Waals surface area contributed by atoms with Crippen LogP contribution in [0.1, 0.15) is 11.1 Å². The number of methoxy groups -OCH3 is 1. The summed E-state index contributed by atoms with van der Waals surface area (Å²) in [4.78, 5) is 16.3. The molecule has 0 fully saturated rings. The molecule has 0 aliphatic rings.